The van der Waals surface area contributed by atoms with Crippen LogP contribution in [0.25, 0.3) is 0 Å². The third kappa shape index (κ3) is 5.76. The molecule has 0 spiro atoms. The number of nitro groups is 2. The van der Waals surface area contributed by atoms with Gasteiger partial charge >= 0.3 is 5.69 Å². The van der Waals surface area contributed by atoms with Crippen LogP contribution in [0.3, 0.4) is 0 Å². The first-order valence-electron chi connectivity index (χ1n) is 10.0. The van der Waals surface area contributed by atoms with Crippen molar-refractivity contribution in [1.29, 1.82) is 0 Å². The SMILES string of the molecule is O=C(Nc1cc(Oc2cccnc2)cc([N+](=O)[O-])c1)c1ccc(COc2ccccc2[N+](=O)[O-])o1. The van der Waals surface area contributed by atoms with Crippen LogP contribution < -0.4 is 14.8 Å². The molecule has 0 bridgehead atoms. The van der Waals surface area contributed by atoms with Gasteiger partial charge in [-0.05, 0) is 30.3 Å². The van der Waals surface area contributed by atoms with Gasteiger partial charge in [0.05, 0.1) is 27.8 Å². The summed E-state index contributed by atoms with van der Waals surface area (Å²) in [7, 11) is 0. The highest BCUT2D eigenvalue weighted by atomic mass is 16.6. The summed E-state index contributed by atoms with van der Waals surface area (Å²) in [6.07, 6.45) is 2.99. The van der Waals surface area contributed by atoms with Crippen LogP contribution in [0, 0.1) is 20.2 Å². The fourth-order valence-electron chi connectivity index (χ4n) is 3.01. The van der Waals surface area contributed by atoms with E-state index in [0.717, 1.165) is 0 Å². The number of pyridine rings is 1. The van der Waals surface area contributed by atoms with Crippen LogP contribution in [0.15, 0.2) is 83.5 Å². The first kappa shape index (κ1) is 22.9. The number of ether oxygens (including phenoxy) is 2. The lowest BCUT2D eigenvalue weighted by molar-refractivity contribution is -0.386. The molecule has 0 saturated heterocycles. The molecule has 4 rings (SSSR count). The normalized spacial score (nSPS) is 10.4. The summed E-state index contributed by atoms with van der Waals surface area (Å²) in [5, 5.41) is 24.9. The van der Waals surface area contributed by atoms with Crippen molar-refractivity contribution in [2.45, 2.75) is 6.61 Å². The number of amides is 1. The summed E-state index contributed by atoms with van der Waals surface area (Å²) in [5.41, 5.74) is -0.385. The molecule has 0 aliphatic carbocycles. The minimum atomic E-state index is -0.672. The quantitative estimate of drug-likeness (QED) is 0.255. The van der Waals surface area contributed by atoms with E-state index in [2.05, 4.69) is 10.3 Å². The molecule has 0 radical (unpaired) electrons. The van der Waals surface area contributed by atoms with E-state index in [1.807, 2.05) is 0 Å². The van der Waals surface area contributed by atoms with Crippen LogP contribution >= 0.6 is 0 Å². The Balaban J connectivity index is 1.46. The summed E-state index contributed by atoms with van der Waals surface area (Å²) in [6.45, 7) is -0.155. The molecule has 0 aliphatic heterocycles. The van der Waals surface area contributed by atoms with Crippen LogP contribution in [0.4, 0.5) is 17.1 Å². The van der Waals surface area contributed by atoms with E-state index in [-0.39, 0.29) is 46.7 Å². The molecule has 0 atom stereocenters. The zero-order valence-electron chi connectivity index (χ0n) is 17.8. The number of benzene rings is 2. The number of aromatic nitrogens is 1. The second kappa shape index (κ2) is 10.1. The van der Waals surface area contributed by atoms with Gasteiger partial charge in [-0.2, -0.15) is 0 Å². The number of carbonyl (C=O) groups excluding carboxylic acids is 1. The molecule has 2 aromatic carbocycles. The fourth-order valence-corrected chi connectivity index (χ4v) is 3.01. The van der Waals surface area contributed by atoms with Gasteiger partial charge in [0.25, 0.3) is 11.6 Å². The summed E-state index contributed by atoms with van der Waals surface area (Å²) in [5.74, 6) is 0.0211. The van der Waals surface area contributed by atoms with E-state index >= 15 is 0 Å². The van der Waals surface area contributed by atoms with E-state index in [9.17, 15) is 25.0 Å². The Morgan fingerprint density at radius 3 is 2.54 bits per heavy atom. The average molecular weight is 476 g/mol. The minimum absolute atomic E-state index is 0.0534. The number of anilines is 1. The number of rotatable bonds is 9. The van der Waals surface area contributed by atoms with Crippen LogP contribution in [0.1, 0.15) is 16.3 Å². The second-order valence-corrected chi connectivity index (χ2v) is 7.00. The fraction of sp³-hybridized carbons (Fsp3) is 0.0435. The van der Waals surface area contributed by atoms with Gasteiger partial charge in [0.1, 0.15) is 23.9 Å². The van der Waals surface area contributed by atoms with E-state index in [1.54, 1.807) is 24.4 Å². The third-order valence-corrected chi connectivity index (χ3v) is 4.55. The van der Waals surface area contributed by atoms with Crippen molar-refractivity contribution in [2.75, 3.05) is 5.32 Å². The largest absolute Gasteiger partial charge is 0.479 e. The van der Waals surface area contributed by atoms with Crippen molar-refractivity contribution in [2.24, 2.45) is 0 Å². The van der Waals surface area contributed by atoms with Gasteiger partial charge in [0.2, 0.25) is 0 Å². The Kier molecular flexibility index (Phi) is 6.63. The first-order chi connectivity index (χ1) is 16.9. The van der Waals surface area contributed by atoms with Gasteiger partial charge in [-0.15, -0.1) is 0 Å². The maximum atomic E-state index is 12.6. The molecule has 35 heavy (non-hydrogen) atoms. The lowest BCUT2D eigenvalue weighted by Crippen LogP contribution is -2.11. The van der Waals surface area contributed by atoms with Crippen molar-refractivity contribution >= 4 is 23.0 Å². The molecule has 4 aromatic rings. The summed E-state index contributed by atoms with van der Waals surface area (Å²) in [4.78, 5) is 37.8. The maximum absolute atomic E-state index is 12.6. The Morgan fingerprint density at radius 2 is 1.80 bits per heavy atom. The number of nitrogens with zero attached hydrogens (tertiary/aromatic N) is 3. The molecule has 0 unspecified atom stereocenters. The number of non-ortho nitro benzene ring substituents is 1. The van der Waals surface area contributed by atoms with E-state index in [0.29, 0.717) is 5.75 Å². The van der Waals surface area contributed by atoms with Gasteiger partial charge < -0.3 is 19.2 Å². The molecule has 176 valence electrons. The van der Waals surface area contributed by atoms with E-state index < -0.39 is 15.8 Å². The minimum Gasteiger partial charge on any atom is -0.479 e. The molecule has 0 saturated carbocycles. The Bertz CT molecular complexity index is 1390. The Hall–Kier alpha value is -5.26. The van der Waals surface area contributed by atoms with Crippen molar-refractivity contribution in [1.82, 2.24) is 4.98 Å². The Morgan fingerprint density at radius 1 is 0.971 bits per heavy atom. The molecule has 2 heterocycles. The molecule has 2 aromatic heterocycles. The van der Waals surface area contributed by atoms with Crippen molar-refractivity contribution in [3.05, 3.63) is 111 Å². The van der Waals surface area contributed by atoms with E-state index in [1.165, 1.54) is 54.7 Å². The van der Waals surface area contributed by atoms with Gasteiger partial charge in [0.15, 0.2) is 11.5 Å². The molecule has 1 amide bonds. The predicted octanol–water partition coefficient (Wildman–Crippen LogP) is 5.11. The number of hydrogen-bond acceptors (Lipinski definition) is 9. The standard InChI is InChI=1S/C23H16N4O8/c28-23(22-8-7-18(35-22)14-33-21-6-2-1-5-20(21)27(31)32)25-15-10-16(26(29)30)12-19(11-15)34-17-4-3-9-24-13-17/h1-13H,14H2,(H,25,28). The van der Waals surface area contributed by atoms with Gasteiger partial charge in [-0.25, -0.2) is 0 Å². The molecule has 0 aliphatic rings. The molecular weight excluding hydrogens is 460 g/mol. The number of nitro benzene ring substituents is 2. The third-order valence-electron chi connectivity index (χ3n) is 4.55. The number of hydrogen-bond donors (Lipinski definition) is 1. The van der Waals surface area contributed by atoms with Gasteiger partial charge in [-0.3, -0.25) is 30.0 Å². The predicted molar refractivity (Wildman–Crippen MR) is 121 cm³/mol. The highest BCUT2D eigenvalue weighted by Gasteiger charge is 2.18. The highest BCUT2D eigenvalue weighted by molar-refractivity contribution is 6.02. The monoisotopic (exact) mass is 476 g/mol. The summed E-state index contributed by atoms with van der Waals surface area (Å²) in [6, 6.07) is 15.8. The van der Waals surface area contributed by atoms with Crippen LogP contribution in [-0.2, 0) is 6.61 Å². The zero-order chi connectivity index (χ0) is 24.8. The van der Waals surface area contributed by atoms with Crippen molar-refractivity contribution < 1.29 is 28.5 Å². The Labute approximate surface area is 197 Å². The zero-order valence-corrected chi connectivity index (χ0v) is 17.8. The van der Waals surface area contributed by atoms with Crippen molar-refractivity contribution in [3.8, 4) is 17.2 Å². The maximum Gasteiger partial charge on any atom is 0.310 e. The number of furan rings is 1. The van der Waals surface area contributed by atoms with Crippen LogP contribution in [0.5, 0.6) is 17.2 Å². The van der Waals surface area contributed by atoms with Crippen molar-refractivity contribution in [3.63, 3.8) is 0 Å². The lowest BCUT2D eigenvalue weighted by atomic mass is 10.2. The summed E-state index contributed by atoms with van der Waals surface area (Å²) < 4.78 is 16.5. The number of carbonyl (C=O) groups is 1. The molecule has 0 fully saturated rings. The first-order valence-corrected chi connectivity index (χ1v) is 10.0. The second-order valence-electron chi connectivity index (χ2n) is 7.00. The number of nitrogens with one attached hydrogen (secondary N) is 1. The van der Waals surface area contributed by atoms with Crippen LogP contribution in [0.2, 0.25) is 0 Å². The molecule has 12 nitrogen and oxygen atoms in total. The number of para-hydroxylation sites is 2. The van der Waals surface area contributed by atoms with Crippen LogP contribution in [-0.4, -0.2) is 20.7 Å². The topological polar surface area (TPSA) is 160 Å². The van der Waals surface area contributed by atoms with E-state index in [4.69, 9.17) is 13.9 Å². The highest BCUT2D eigenvalue weighted by Crippen LogP contribution is 2.30. The van der Waals surface area contributed by atoms with Gasteiger partial charge in [-0.1, -0.05) is 12.1 Å². The molecule has 12 heteroatoms. The average Bonchev–Trinajstić information content (AvgIpc) is 3.32. The van der Waals surface area contributed by atoms with Gasteiger partial charge in [0, 0.05) is 24.4 Å². The molecular formula is C23H16N4O8. The molecule has 1 N–H and O–H groups in total. The smallest absolute Gasteiger partial charge is 0.310 e. The lowest BCUT2D eigenvalue weighted by Gasteiger charge is -2.08. The summed E-state index contributed by atoms with van der Waals surface area (Å²) >= 11 is 0.